The number of fused-ring (bicyclic) bond motifs is 4. The number of hydrogen-bond donors (Lipinski definition) is 2. The number of phenolic OH excluding ortho intramolecular Hbond substituents is 1. The summed E-state index contributed by atoms with van der Waals surface area (Å²) in [4.78, 5) is 29.0. The van der Waals surface area contributed by atoms with Gasteiger partial charge in [0.15, 0.2) is 0 Å². The average molecular weight is 366 g/mol. The van der Waals surface area contributed by atoms with E-state index in [9.17, 15) is 19.8 Å². The molecule has 2 N–H and O–H groups in total. The molecule has 3 heterocycles. The van der Waals surface area contributed by atoms with Gasteiger partial charge in [0, 0.05) is 17.4 Å². The highest BCUT2D eigenvalue weighted by Gasteiger charge is 2.25. The van der Waals surface area contributed by atoms with Gasteiger partial charge in [0.2, 0.25) is 0 Å². The zero-order chi connectivity index (χ0) is 19.1. The first-order valence-electron chi connectivity index (χ1n) is 8.67. The van der Waals surface area contributed by atoms with Gasteiger partial charge in [-0.05, 0) is 35.9 Å². The maximum Gasteiger partial charge on any atom is 0.305 e. The van der Waals surface area contributed by atoms with E-state index in [1.165, 1.54) is 0 Å². The Bertz CT molecular complexity index is 1130. The minimum atomic E-state index is -0.403. The quantitative estimate of drug-likeness (QED) is 0.536. The largest absolute Gasteiger partial charge is 0.508 e. The van der Waals surface area contributed by atoms with Crippen molar-refractivity contribution in [1.29, 1.82) is 0 Å². The molecule has 4 rings (SSSR count). The lowest BCUT2D eigenvalue weighted by atomic mass is 10.1. The van der Waals surface area contributed by atoms with Crippen LogP contribution in [0.25, 0.3) is 22.3 Å². The second kappa shape index (κ2) is 6.51. The molecule has 7 heteroatoms. The first-order chi connectivity index (χ1) is 13.0. The van der Waals surface area contributed by atoms with Gasteiger partial charge in [-0.2, -0.15) is 0 Å². The number of carbonyl (C=O) groups excluding carboxylic acids is 1. The lowest BCUT2D eigenvalue weighted by molar-refractivity contribution is -0.144. The normalized spacial score (nSPS) is 12.1. The summed E-state index contributed by atoms with van der Waals surface area (Å²) < 4.78 is 6.68. The van der Waals surface area contributed by atoms with Crippen LogP contribution in [0.5, 0.6) is 5.75 Å². The summed E-state index contributed by atoms with van der Waals surface area (Å²) in [6.45, 7) is 1.51. The summed E-state index contributed by atoms with van der Waals surface area (Å²) in [5, 5.41) is 20.2. The van der Waals surface area contributed by atoms with E-state index in [0.717, 1.165) is 10.9 Å². The highest BCUT2D eigenvalue weighted by Crippen LogP contribution is 2.33. The van der Waals surface area contributed by atoms with Crippen molar-refractivity contribution >= 4 is 16.9 Å². The van der Waals surface area contributed by atoms with Crippen molar-refractivity contribution in [3.63, 3.8) is 0 Å². The molecule has 7 nitrogen and oxygen atoms in total. The van der Waals surface area contributed by atoms with Crippen molar-refractivity contribution in [2.75, 3.05) is 0 Å². The van der Waals surface area contributed by atoms with E-state index in [2.05, 4.69) is 4.98 Å². The number of aromatic nitrogens is 2. The minimum absolute atomic E-state index is 0.152. The van der Waals surface area contributed by atoms with E-state index in [1.54, 1.807) is 35.8 Å². The van der Waals surface area contributed by atoms with Gasteiger partial charge in [0.25, 0.3) is 5.56 Å². The summed E-state index contributed by atoms with van der Waals surface area (Å²) in [5.74, 6) is -0.251. The number of phenols is 1. The summed E-state index contributed by atoms with van der Waals surface area (Å²) in [5.41, 5.74) is 3.27. The van der Waals surface area contributed by atoms with Crippen molar-refractivity contribution in [2.24, 2.45) is 0 Å². The third kappa shape index (κ3) is 2.86. The number of aliphatic hydroxyl groups is 1. The van der Waals surface area contributed by atoms with Crippen LogP contribution in [-0.2, 0) is 29.3 Å². The minimum Gasteiger partial charge on any atom is -0.508 e. The van der Waals surface area contributed by atoms with Gasteiger partial charge in [-0.3, -0.25) is 9.59 Å². The van der Waals surface area contributed by atoms with Gasteiger partial charge in [0.1, 0.15) is 12.4 Å². The van der Waals surface area contributed by atoms with Gasteiger partial charge in [-0.15, -0.1) is 0 Å². The number of nitrogens with zero attached hydrogens (tertiary/aromatic N) is 2. The Morgan fingerprint density at radius 2 is 2.11 bits per heavy atom. The van der Waals surface area contributed by atoms with Gasteiger partial charge >= 0.3 is 5.97 Å². The number of carbonyl (C=O) groups is 1. The van der Waals surface area contributed by atoms with E-state index in [1.807, 2.05) is 6.07 Å². The van der Waals surface area contributed by atoms with Crippen LogP contribution in [-0.4, -0.2) is 25.7 Å². The smallest absolute Gasteiger partial charge is 0.305 e. The predicted octanol–water partition coefficient (Wildman–Crippen LogP) is 2.08. The molecule has 0 atom stereocenters. The van der Waals surface area contributed by atoms with Crippen LogP contribution < -0.4 is 5.56 Å². The maximum atomic E-state index is 13.0. The standard InChI is InChI=1S/C20H18N2O5/c1-2-18(25)27-10-15-13(9-23)7-17-19-12(8-22(17)20(15)26)5-11-6-14(24)3-4-16(11)21-19/h3-7,23-24H,2,8-10H2,1H3. The molecule has 1 aromatic carbocycles. The van der Waals surface area contributed by atoms with Crippen LogP contribution in [0.2, 0.25) is 0 Å². The lowest BCUT2D eigenvalue weighted by Gasteiger charge is -2.12. The SMILES string of the molecule is CCC(=O)OCc1c(CO)cc2n(c1=O)Cc1cc3cc(O)ccc3nc1-2. The van der Waals surface area contributed by atoms with Crippen molar-refractivity contribution < 1.29 is 19.7 Å². The van der Waals surface area contributed by atoms with Gasteiger partial charge in [-0.1, -0.05) is 6.92 Å². The zero-order valence-corrected chi connectivity index (χ0v) is 14.7. The van der Waals surface area contributed by atoms with Crippen molar-refractivity contribution in [2.45, 2.75) is 33.1 Å². The Morgan fingerprint density at radius 1 is 1.30 bits per heavy atom. The van der Waals surface area contributed by atoms with Gasteiger partial charge in [0.05, 0.1) is 35.6 Å². The molecule has 0 spiro atoms. The third-order valence-electron chi connectivity index (χ3n) is 4.78. The molecule has 0 unspecified atom stereocenters. The summed E-state index contributed by atoms with van der Waals surface area (Å²) in [7, 11) is 0. The number of pyridine rings is 2. The Balaban J connectivity index is 1.84. The molecule has 0 radical (unpaired) electrons. The number of benzene rings is 1. The van der Waals surface area contributed by atoms with Gasteiger partial charge < -0.3 is 19.5 Å². The molecule has 0 amide bonds. The topological polar surface area (TPSA) is 102 Å². The molecule has 0 fully saturated rings. The lowest BCUT2D eigenvalue weighted by Crippen LogP contribution is -2.26. The van der Waals surface area contributed by atoms with Crippen LogP contribution in [0.4, 0.5) is 0 Å². The monoisotopic (exact) mass is 366 g/mol. The molecule has 1 aliphatic rings. The second-order valence-electron chi connectivity index (χ2n) is 6.47. The van der Waals surface area contributed by atoms with Crippen LogP contribution in [0.3, 0.4) is 0 Å². The molecule has 1 aliphatic heterocycles. The molecular weight excluding hydrogens is 348 g/mol. The highest BCUT2D eigenvalue weighted by atomic mass is 16.5. The number of aromatic hydroxyl groups is 1. The molecule has 138 valence electrons. The number of aliphatic hydroxyl groups excluding tert-OH is 1. The van der Waals surface area contributed by atoms with Gasteiger partial charge in [-0.25, -0.2) is 4.98 Å². The molecular formula is C20H18N2O5. The predicted molar refractivity (Wildman–Crippen MR) is 98.2 cm³/mol. The van der Waals surface area contributed by atoms with Crippen LogP contribution in [0.15, 0.2) is 35.1 Å². The summed E-state index contributed by atoms with van der Waals surface area (Å²) in [6.07, 6.45) is 0.218. The fourth-order valence-corrected chi connectivity index (χ4v) is 3.36. The van der Waals surface area contributed by atoms with Crippen molar-refractivity contribution in [3.8, 4) is 17.1 Å². The molecule has 3 aromatic rings. The zero-order valence-electron chi connectivity index (χ0n) is 14.7. The van der Waals surface area contributed by atoms with E-state index < -0.39 is 5.97 Å². The van der Waals surface area contributed by atoms with E-state index >= 15 is 0 Å². The molecule has 0 bridgehead atoms. The number of hydrogen-bond acceptors (Lipinski definition) is 6. The maximum absolute atomic E-state index is 13.0. The summed E-state index contributed by atoms with van der Waals surface area (Å²) >= 11 is 0. The first-order valence-corrected chi connectivity index (χ1v) is 8.67. The molecule has 27 heavy (non-hydrogen) atoms. The Morgan fingerprint density at radius 3 is 2.85 bits per heavy atom. The van der Waals surface area contributed by atoms with Crippen molar-refractivity contribution in [1.82, 2.24) is 9.55 Å². The van der Waals surface area contributed by atoms with Crippen LogP contribution in [0, 0.1) is 0 Å². The number of rotatable bonds is 4. The van der Waals surface area contributed by atoms with Crippen LogP contribution in [0.1, 0.15) is 30.0 Å². The molecule has 0 saturated heterocycles. The Labute approximate surface area is 154 Å². The molecule has 0 aliphatic carbocycles. The van der Waals surface area contributed by atoms with Crippen LogP contribution >= 0.6 is 0 Å². The van der Waals surface area contributed by atoms with E-state index in [4.69, 9.17) is 4.74 Å². The van der Waals surface area contributed by atoms with Crippen molar-refractivity contribution in [3.05, 3.63) is 57.4 Å². The number of ether oxygens (including phenoxy) is 1. The molecule has 0 saturated carbocycles. The first kappa shape index (κ1) is 17.2. The summed E-state index contributed by atoms with van der Waals surface area (Å²) in [6, 6.07) is 8.54. The Kier molecular flexibility index (Phi) is 4.16. The van der Waals surface area contributed by atoms with E-state index in [0.29, 0.717) is 29.0 Å². The highest BCUT2D eigenvalue weighted by molar-refractivity contribution is 5.85. The molecule has 2 aromatic heterocycles. The fraction of sp³-hybridized carbons (Fsp3) is 0.250. The third-order valence-corrected chi connectivity index (χ3v) is 4.78. The average Bonchev–Trinajstić information content (AvgIpc) is 3.02. The fourth-order valence-electron chi connectivity index (χ4n) is 3.36. The number of esters is 1. The Hall–Kier alpha value is -3.19. The second-order valence-corrected chi connectivity index (χ2v) is 6.47. The van der Waals surface area contributed by atoms with E-state index in [-0.39, 0.29) is 36.5 Å².